The average Bonchev–Trinajstić information content (AvgIpc) is 3.71. The van der Waals surface area contributed by atoms with Crippen LogP contribution in [0.4, 0.5) is 0 Å². The normalized spacial score (nSPS) is 20.9. The first kappa shape index (κ1) is 37.0. The number of hydrogen-bond donors (Lipinski definition) is 0. The van der Waals surface area contributed by atoms with E-state index in [4.69, 9.17) is 0 Å². The highest BCUT2D eigenvalue weighted by Gasteiger charge is 2.26. The van der Waals surface area contributed by atoms with Crippen molar-refractivity contribution < 1.29 is 0 Å². The molecule has 3 aliphatic rings. The van der Waals surface area contributed by atoms with E-state index in [2.05, 4.69) is 103 Å². The van der Waals surface area contributed by atoms with E-state index in [1.807, 2.05) is 9.36 Å². The molecule has 9 heteroatoms. The van der Waals surface area contributed by atoms with E-state index in [0.717, 1.165) is 66.7 Å². The molecule has 3 saturated heterocycles. The van der Waals surface area contributed by atoms with Gasteiger partial charge in [-0.25, -0.2) is 4.68 Å². The highest BCUT2D eigenvalue weighted by molar-refractivity contribution is 4.98. The van der Waals surface area contributed by atoms with E-state index < -0.39 is 0 Å². The Balaban J connectivity index is 0.000000212. The second-order valence-corrected chi connectivity index (χ2v) is 16.1. The van der Waals surface area contributed by atoms with Crippen molar-refractivity contribution in [3.05, 3.63) is 23.8 Å². The van der Waals surface area contributed by atoms with Crippen LogP contribution in [0.2, 0.25) is 0 Å². The van der Waals surface area contributed by atoms with Crippen LogP contribution in [0.3, 0.4) is 0 Å². The Morgan fingerprint density at radius 1 is 0.696 bits per heavy atom. The van der Waals surface area contributed by atoms with E-state index in [1.165, 1.54) is 97.2 Å². The van der Waals surface area contributed by atoms with Crippen LogP contribution in [-0.2, 0) is 19.8 Å². The Kier molecular flexibility index (Phi) is 15.0. The second-order valence-electron chi connectivity index (χ2n) is 16.1. The van der Waals surface area contributed by atoms with Crippen LogP contribution in [0.25, 0.3) is 0 Å². The lowest BCUT2D eigenvalue weighted by molar-refractivity contribution is 0.0937. The molecular weight excluding hydrogens is 570 g/mol. The van der Waals surface area contributed by atoms with Gasteiger partial charge in [-0.2, -0.15) is 0 Å². The van der Waals surface area contributed by atoms with E-state index in [0.29, 0.717) is 5.92 Å². The molecule has 1 atom stereocenters. The van der Waals surface area contributed by atoms with Crippen LogP contribution in [0.15, 0.2) is 12.4 Å². The summed E-state index contributed by atoms with van der Waals surface area (Å²) in [5, 5.41) is 17.1. The minimum atomic E-state index is 0.458. The Labute approximate surface area is 281 Å². The highest BCUT2D eigenvalue weighted by atomic mass is 15.5. The molecule has 262 valence electrons. The van der Waals surface area contributed by atoms with Crippen LogP contribution >= 0.6 is 0 Å². The summed E-state index contributed by atoms with van der Waals surface area (Å²) in [6.07, 6.45) is 14.9. The van der Waals surface area contributed by atoms with Crippen molar-refractivity contribution in [3.63, 3.8) is 0 Å². The number of rotatable bonds is 13. The predicted molar refractivity (Wildman–Crippen MR) is 189 cm³/mol. The molecule has 0 amide bonds. The average molecular weight is 640 g/mol. The summed E-state index contributed by atoms with van der Waals surface area (Å²) in [6.45, 7) is 30.0. The number of nitrogens with zero attached hydrogens (tertiary/aromatic N) is 9. The number of aromatic nitrogens is 6. The zero-order valence-electron chi connectivity index (χ0n) is 30.9. The van der Waals surface area contributed by atoms with Gasteiger partial charge in [-0.15, -0.1) is 10.2 Å². The first-order valence-electron chi connectivity index (χ1n) is 19.1. The van der Waals surface area contributed by atoms with Gasteiger partial charge >= 0.3 is 0 Å². The second kappa shape index (κ2) is 18.6. The Morgan fingerprint density at radius 2 is 1.30 bits per heavy atom. The molecule has 1 unspecified atom stereocenters. The number of aryl methyl sites for hydroxylation is 1. The van der Waals surface area contributed by atoms with Gasteiger partial charge in [-0.05, 0) is 113 Å². The van der Waals surface area contributed by atoms with Crippen molar-refractivity contribution in [1.29, 1.82) is 0 Å². The van der Waals surface area contributed by atoms with Gasteiger partial charge in [-0.1, -0.05) is 72.2 Å². The highest BCUT2D eigenvalue weighted by Crippen LogP contribution is 2.28. The fourth-order valence-electron chi connectivity index (χ4n) is 7.48. The van der Waals surface area contributed by atoms with Gasteiger partial charge in [0.15, 0.2) is 0 Å². The predicted octanol–water partition coefficient (Wildman–Crippen LogP) is 7.02. The standard InChI is InChI=1S/C20H37N5.C17H32N4/c1-16(2)19-7-11-23(12-8-19)13-18-5-9-24(10-6-18)15-25-14-20(17(3)4)21-22-25;1-5-15(4)16-7-9-20(10-8-16)12-17-13-21(19-18-17)11-6-14(2)3/h14,16-19H,5-13,15H2,1-4H3;13-16H,5-12H2,1-4H3. The third-order valence-corrected chi connectivity index (χ3v) is 11.3. The summed E-state index contributed by atoms with van der Waals surface area (Å²) in [5.74, 6) is 5.68. The molecule has 2 aromatic heterocycles. The molecule has 0 bridgehead atoms. The van der Waals surface area contributed by atoms with Crippen molar-refractivity contribution >= 4 is 0 Å². The maximum Gasteiger partial charge on any atom is 0.0967 e. The van der Waals surface area contributed by atoms with Gasteiger partial charge in [0.2, 0.25) is 0 Å². The first-order valence-corrected chi connectivity index (χ1v) is 19.1. The lowest BCUT2D eigenvalue weighted by Gasteiger charge is -2.38. The monoisotopic (exact) mass is 640 g/mol. The summed E-state index contributed by atoms with van der Waals surface area (Å²) in [6, 6.07) is 0. The zero-order chi connectivity index (χ0) is 33.1. The summed E-state index contributed by atoms with van der Waals surface area (Å²) < 4.78 is 4.01. The Hall–Kier alpha value is -1.84. The minimum absolute atomic E-state index is 0.458. The van der Waals surface area contributed by atoms with Gasteiger partial charge in [0.1, 0.15) is 0 Å². The van der Waals surface area contributed by atoms with E-state index in [9.17, 15) is 0 Å². The van der Waals surface area contributed by atoms with Crippen LogP contribution in [0, 0.1) is 35.5 Å². The molecule has 0 aliphatic carbocycles. The van der Waals surface area contributed by atoms with Crippen LogP contribution in [0.5, 0.6) is 0 Å². The fourth-order valence-corrected chi connectivity index (χ4v) is 7.48. The minimum Gasteiger partial charge on any atom is -0.303 e. The van der Waals surface area contributed by atoms with Crippen LogP contribution in [0.1, 0.15) is 124 Å². The maximum absolute atomic E-state index is 4.33. The summed E-state index contributed by atoms with van der Waals surface area (Å²) in [7, 11) is 0. The fraction of sp³-hybridized carbons (Fsp3) is 0.892. The van der Waals surface area contributed by atoms with Gasteiger partial charge in [-0.3, -0.25) is 14.5 Å². The topological polar surface area (TPSA) is 71.1 Å². The molecule has 0 N–H and O–H groups in total. The Morgan fingerprint density at radius 3 is 1.89 bits per heavy atom. The SMILES string of the molecule is CC(C)c1cn(CN2CCC(CN3CCC(C(C)C)CC3)CC2)nn1.CCC(C)C1CCN(Cc2cn(CCC(C)C)nn2)CC1. The van der Waals surface area contributed by atoms with Crippen LogP contribution < -0.4 is 0 Å². The van der Waals surface area contributed by atoms with Crippen molar-refractivity contribution in [2.75, 3.05) is 45.8 Å². The Bertz CT molecular complexity index is 1080. The summed E-state index contributed by atoms with van der Waals surface area (Å²) in [4.78, 5) is 7.79. The summed E-state index contributed by atoms with van der Waals surface area (Å²) >= 11 is 0. The third-order valence-electron chi connectivity index (χ3n) is 11.3. The number of hydrogen-bond acceptors (Lipinski definition) is 7. The van der Waals surface area contributed by atoms with Gasteiger partial charge in [0.25, 0.3) is 0 Å². The zero-order valence-corrected chi connectivity index (χ0v) is 30.9. The molecule has 0 spiro atoms. The van der Waals surface area contributed by atoms with Crippen molar-refractivity contribution in [1.82, 2.24) is 44.7 Å². The molecule has 3 aliphatic heterocycles. The van der Waals surface area contributed by atoms with Gasteiger partial charge < -0.3 is 4.90 Å². The van der Waals surface area contributed by atoms with Gasteiger partial charge in [0.05, 0.1) is 24.3 Å². The molecule has 5 rings (SSSR count). The lowest BCUT2D eigenvalue weighted by atomic mass is 9.84. The number of likely N-dealkylation sites (tertiary alicyclic amines) is 3. The molecule has 9 nitrogen and oxygen atoms in total. The maximum atomic E-state index is 4.33. The van der Waals surface area contributed by atoms with Crippen molar-refractivity contribution in [3.8, 4) is 0 Å². The molecule has 46 heavy (non-hydrogen) atoms. The summed E-state index contributed by atoms with van der Waals surface area (Å²) in [5.41, 5.74) is 2.22. The molecule has 0 radical (unpaired) electrons. The van der Waals surface area contributed by atoms with E-state index in [-0.39, 0.29) is 0 Å². The first-order chi connectivity index (χ1) is 22.1. The number of piperidine rings is 3. The quantitative estimate of drug-likeness (QED) is 0.233. The van der Waals surface area contributed by atoms with E-state index in [1.54, 1.807) is 0 Å². The smallest absolute Gasteiger partial charge is 0.0967 e. The lowest BCUT2D eigenvalue weighted by Crippen LogP contribution is -2.42. The van der Waals surface area contributed by atoms with Gasteiger partial charge in [0, 0.05) is 38.9 Å². The molecule has 0 aromatic carbocycles. The molecule has 3 fully saturated rings. The van der Waals surface area contributed by atoms with Crippen molar-refractivity contribution in [2.24, 2.45) is 35.5 Å². The largest absolute Gasteiger partial charge is 0.303 e. The third kappa shape index (κ3) is 12.0. The molecule has 5 heterocycles. The van der Waals surface area contributed by atoms with E-state index >= 15 is 0 Å². The molecular formula is C37H69N9. The molecule has 2 aromatic rings. The van der Waals surface area contributed by atoms with Crippen molar-refractivity contribution in [2.45, 2.75) is 132 Å². The van der Waals surface area contributed by atoms with Crippen LogP contribution in [-0.4, -0.2) is 90.5 Å². The molecule has 0 saturated carbocycles.